The van der Waals surface area contributed by atoms with Crippen molar-refractivity contribution in [1.82, 2.24) is 0 Å². The van der Waals surface area contributed by atoms with Crippen molar-refractivity contribution in [3.63, 3.8) is 0 Å². The monoisotopic (exact) mass is 317 g/mol. The zero-order valence-electron chi connectivity index (χ0n) is 11.6. The summed E-state index contributed by atoms with van der Waals surface area (Å²) in [6.45, 7) is 0.439. The van der Waals surface area contributed by atoms with Gasteiger partial charge in [-0.3, -0.25) is 0 Å². The standard InChI is InChI=1S/C13H19NO4S2/c1-19(15,16)11-5-4-10(8-12(11)20(2,17)18)13(9-14)6-3-7-13/h4-5,8H,3,6-7,9,14H2,1-2H3. The second kappa shape index (κ2) is 4.82. The number of nitrogens with two attached hydrogens (primary N) is 1. The predicted octanol–water partition coefficient (Wildman–Crippen LogP) is 0.874. The first-order chi connectivity index (χ1) is 9.10. The van der Waals surface area contributed by atoms with E-state index in [2.05, 4.69) is 0 Å². The summed E-state index contributed by atoms with van der Waals surface area (Å²) in [4.78, 5) is -0.271. The van der Waals surface area contributed by atoms with Crippen LogP contribution in [-0.2, 0) is 25.1 Å². The summed E-state index contributed by atoms with van der Waals surface area (Å²) >= 11 is 0. The molecule has 7 heteroatoms. The molecule has 0 aliphatic heterocycles. The van der Waals surface area contributed by atoms with E-state index in [9.17, 15) is 16.8 Å². The Bertz CT molecular complexity index is 726. The van der Waals surface area contributed by atoms with E-state index in [0.29, 0.717) is 6.54 Å². The van der Waals surface area contributed by atoms with Crippen molar-refractivity contribution in [3.05, 3.63) is 23.8 Å². The fraction of sp³-hybridized carbons (Fsp3) is 0.538. The molecule has 112 valence electrons. The van der Waals surface area contributed by atoms with Gasteiger partial charge >= 0.3 is 0 Å². The molecule has 0 heterocycles. The molecule has 5 nitrogen and oxygen atoms in total. The lowest BCUT2D eigenvalue weighted by molar-refractivity contribution is 0.252. The fourth-order valence-corrected chi connectivity index (χ4v) is 5.07. The lowest BCUT2D eigenvalue weighted by Gasteiger charge is -2.41. The molecule has 0 unspecified atom stereocenters. The zero-order chi connectivity index (χ0) is 15.2. The second-order valence-corrected chi connectivity index (χ2v) is 9.51. The molecular weight excluding hydrogens is 298 g/mol. The van der Waals surface area contributed by atoms with Crippen LogP contribution in [0.2, 0.25) is 0 Å². The van der Waals surface area contributed by atoms with Gasteiger partial charge in [-0.2, -0.15) is 0 Å². The highest BCUT2D eigenvalue weighted by atomic mass is 32.2. The van der Waals surface area contributed by atoms with Crippen LogP contribution in [0.4, 0.5) is 0 Å². The number of rotatable bonds is 4. The summed E-state index contributed by atoms with van der Waals surface area (Å²) in [5.41, 5.74) is 6.44. The molecule has 0 radical (unpaired) electrons. The summed E-state index contributed by atoms with van der Waals surface area (Å²) in [7, 11) is -7.20. The SMILES string of the molecule is CS(=O)(=O)c1ccc(C2(CN)CCC2)cc1S(C)(=O)=O. The molecule has 0 amide bonds. The molecule has 1 fully saturated rings. The van der Waals surface area contributed by atoms with Crippen molar-refractivity contribution < 1.29 is 16.8 Å². The van der Waals surface area contributed by atoms with Crippen LogP contribution in [0, 0.1) is 0 Å². The average molecular weight is 317 g/mol. The smallest absolute Gasteiger partial charge is 0.176 e. The van der Waals surface area contributed by atoms with E-state index in [1.54, 1.807) is 6.07 Å². The van der Waals surface area contributed by atoms with Crippen molar-refractivity contribution in [2.45, 2.75) is 34.5 Å². The van der Waals surface area contributed by atoms with Gasteiger partial charge < -0.3 is 5.73 Å². The molecular formula is C13H19NO4S2. The predicted molar refractivity (Wildman–Crippen MR) is 77.2 cm³/mol. The topological polar surface area (TPSA) is 94.3 Å². The van der Waals surface area contributed by atoms with E-state index in [1.165, 1.54) is 12.1 Å². The highest BCUT2D eigenvalue weighted by Gasteiger charge is 2.38. The van der Waals surface area contributed by atoms with Gasteiger partial charge in [0.1, 0.15) is 0 Å². The maximum absolute atomic E-state index is 11.9. The lowest BCUT2D eigenvalue weighted by atomic mass is 9.64. The summed E-state index contributed by atoms with van der Waals surface area (Å²) in [5, 5.41) is 0. The van der Waals surface area contributed by atoms with E-state index < -0.39 is 19.7 Å². The lowest BCUT2D eigenvalue weighted by Crippen LogP contribution is -2.41. The van der Waals surface area contributed by atoms with Crippen LogP contribution in [0.5, 0.6) is 0 Å². The van der Waals surface area contributed by atoms with E-state index in [-0.39, 0.29) is 15.2 Å². The van der Waals surface area contributed by atoms with E-state index in [0.717, 1.165) is 37.3 Å². The Balaban J connectivity index is 2.68. The van der Waals surface area contributed by atoms with Crippen LogP contribution >= 0.6 is 0 Å². The molecule has 1 aliphatic carbocycles. The molecule has 1 aromatic carbocycles. The second-order valence-electron chi connectivity index (χ2n) is 5.54. The Labute approximate surface area is 120 Å². The normalized spacial score (nSPS) is 18.6. The Hall–Kier alpha value is -0.920. The molecule has 0 spiro atoms. The summed E-state index contributed by atoms with van der Waals surface area (Å²) in [5.74, 6) is 0. The van der Waals surface area contributed by atoms with Crippen LogP contribution in [0.15, 0.2) is 28.0 Å². The fourth-order valence-electron chi connectivity index (χ4n) is 2.65. The van der Waals surface area contributed by atoms with E-state index in [4.69, 9.17) is 5.73 Å². The Morgan fingerprint density at radius 1 is 1.05 bits per heavy atom. The van der Waals surface area contributed by atoms with Gasteiger partial charge in [0.15, 0.2) is 19.7 Å². The first-order valence-corrected chi connectivity index (χ1v) is 10.1. The van der Waals surface area contributed by atoms with Crippen molar-refractivity contribution in [2.24, 2.45) is 5.73 Å². The molecule has 1 aliphatic rings. The third-order valence-electron chi connectivity index (χ3n) is 4.06. The van der Waals surface area contributed by atoms with Gasteiger partial charge in [0.25, 0.3) is 0 Å². The first-order valence-electron chi connectivity index (χ1n) is 6.35. The third kappa shape index (κ3) is 2.62. The number of benzene rings is 1. The van der Waals surface area contributed by atoms with Gasteiger partial charge in [-0.05, 0) is 30.5 Å². The van der Waals surface area contributed by atoms with Gasteiger partial charge in [0, 0.05) is 24.5 Å². The van der Waals surface area contributed by atoms with Crippen LogP contribution in [0.1, 0.15) is 24.8 Å². The Morgan fingerprint density at radius 2 is 1.60 bits per heavy atom. The van der Waals surface area contributed by atoms with Crippen LogP contribution in [0.3, 0.4) is 0 Å². The van der Waals surface area contributed by atoms with Gasteiger partial charge in [0.2, 0.25) is 0 Å². The van der Waals surface area contributed by atoms with Gasteiger partial charge in [-0.15, -0.1) is 0 Å². The van der Waals surface area contributed by atoms with Gasteiger partial charge in [-0.1, -0.05) is 12.5 Å². The number of hydrogen-bond donors (Lipinski definition) is 1. The molecule has 0 saturated heterocycles. The van der Waals surface area contributed by atoms with E-state index in [1.807, 2.05) is 0 Å². The maximum atomic E-state index is 11.9. The molecule has 2 rings (SSSR count). The molecule has 1 aromatic rings. The minimum absolute atomic E-state index is 0.128. The molecule has 1 saturated carbocycles. The van der Waals surface area contributed by atoms with Crippen molar-refractivity contribution in [2.75, 3.05) is 19.1 Å². The quantitative estimate of drug-likeness (QED) is 0.889. The van der Waals surface area contributed by atoms with Gasteiger partial charge in [0.05, 0.1) is 9.79 Å². The van der Waals surface area contributed by atoms with Crippen LogP contribution in [-0.4, -0.2) is 35.9 Å². The van der Waals surface area contributed by atoms with Crippen LogP contribution < -0.4 is 5.73 Å². The third-order valence-corrected chi connectivity index (χ3v) is 6.48. The van der Waals surface area contributed by atoms with Gasteiger partial charge in [-0.25, -0.2) is 16.8 Å². The summed E-state index contributed by atoms with van der Waals surface area (Å²) < 4.78 is 47.2. The van der Waals surface area contributed by atoms with Crippen molar-refractivity contribution in [3.8, 4) is 0 Å². The highest BCUT2D eigenvalue weighted by molar-refractivity contribution is 7.93. The minimum atomic E-state index is -3.61. The highest BCUT2D eigenvalue weighted by Crippen LogP contribution is 2.43. The first kappa shape index (κ1) is 15.5. The largest absolute Gasteiger partial charge is 0.330 e. The summed E-state index contributed by atoms with van der Waals surface area (Å²) in [6.07, 6.45) is 4.91. The molecule has 2 N–H and O–H groups in total. The summed E-state index contributed by atoms with van der Waals surface area (Å²) in [6, 6.07) is 4.56. The minimum Gasteiger partial charge on any atom is -0.330 e. The average Bonchev–Trinajstić information content (AvgIpc) is 2.25. The number of sulfone groups is 2. The number of hydrogen-bond acceptors (Lipinski definition) is 5. The van der Waals surface area contributed by atoms with Crippen molar-refractivity contribution in [1.29, 1.82) is 0 Å². The van der Waals surface area contributed by atoms with E-state index >= 15 is 0 Å². The molecule has 0 atom stereocenters. The molecule has 0 bridgehead atoms. The molecule has 0 aromatic heterocycles. The van der Waals surface area contributed by atoms with Crippen LogP contribution in [0.25, 0.3) is 0 Å². The maximum Gasteiger partial charge on any atom is 0.176 e. The Morgan fingerprint density at radius 3 is 1.95 bits per heavy atom. The Kier molecular flexibility index (Phi) is 3.73. The molecule has 20 heavy (non-hydrogen) atoms. The van der Waals surface area contributed by atoms with Crippen molar-refractivity contribution >= 4 is 19.7 Å². The zero-order valence-corrected chi connectivity index (χ0v) is 13.2.